The SMILES string of the molecule is CCCC1=C(F)CC(c2ccc(-c3ccccc3)cc2)CC1. The lowest BCUT2D eigenvalue weighted by atomic mass is 9.82. The molecule has 1 atom stereocenters. The van der Waals surface area contributed by atoms with Crippen LogP contribution in [0, 0.1) is 0 Å². The van der Waals surface area contributed by atoms with Crippen LogP contribution in [-0.4, -0.2) is 0 Å². The fourth-order valence-electron chi connectivity index (χ4n) is 3.37. The van der Waals surface area contributed by atoms with Crippen LogP contribution in [0.5, 0.6) is 0 Å². The summed E-state index contributed by atoms with van der Waals surface area (Å²) in [7, 11) is 0. The summed E-state index contributed by atoms with van der Waals surface area (Å²) in [6.07, 6.45) is 4.54. The maximum Gasteiger partial charge on any atom is 0.0997 e. The highest BCUT2D eigenvalue weighted by molar-refractivity contribution is 5.63. The van der Waals surface area contributed by atoms with Crippen molar-refractivity contribution >= 4 is 0 Å². The summed E-state index contributed by atoms with van der Waals surface area (Å²) in [5.74, 6) is 0.482. The number of benzene rings is 2. The first-order valence-electron chi connectivity index (χ1n) is 8.29. The van der Waals surface area contributed by atoms with Crippen LogP contribution < -0.4 is 0 Å². The molecule has 2 aromatic rings. The molecule has 0 radical (unpaired) electrons. The van der Waals surface area contributed by atoms with Crippen molar-refractivity contribution in [1.82, 2.24) is 0 Å². The first-order chi connectivity index (χ1) is 10.8. The van der Waals surface area contributed by atoms with Gasteiger partial charge in [-0.25, -0.2) is 4.39 Å². The van der Waals surface area contributed by atoms with Gasteiger partial charge < -0.3 is 0 Å². The Bertz CT molecular complexity index is 637. The molecule has 0 nitrogen and oxygen atoms in total. The lowest BCUT2D eigenvalue weighted by Crippen LogP contribution is -2.07. The molecule has 0 saturated heterocycles. The average molecular weight is 294 g/mol. The number of allylic oxidation sites excluding steroid dienone is 2. The Labute approximate surface area is 132 Å². The summed E-state index contributed by atoms with van der Waals surface area (Å²) in [6, 6.07) is 19.0. The minimum Gasteiger partial charge on any atom is -0.212 e. The van der Waals surface area contributed by atoms with Crippen molar-refractivity contribution in [3.05, 3.63) is 71.6 Å². The molecule has 1 unspecified atom stereocenters. The van der Waals surface area contributed by atoms with Crippen molar-refractivity contribution in [2.75, 3.05) is 0 Å². The third kappa shape index (κ3) is 3.30. The van der Waals surface area contributed by atoms with Gasteiger partial charge in [0.1, 0.15) is 0 Å². The van der Waals surface area contributed by atoms with Crippen molar-refractivity contribution in [1.29, 1.82) is 0 Å². The molecule has 2 aromatic carbocycles. The Hall–Kier alpha value is -1.89. The summed E-state index contributed by atoms with van der Waals surface area (Å²) in [6.45, 7) is 2.12. The van der Waals surface area contributed by atoms with Crippen molar-refractivity contribution < 1.29 is 4.39 Å². The maximum atomic E-state index is 14.2. The van der Waals surface area contributed by atoms with Gasteiger partial charge >= 0.3 is 0 Å². The molecule has 1 heteroatoms. The van der Waals surface area contributed by atoms with E-state index in [2.05, 4.69) is 55.5 Å². The monoisotopic (exact) mass is 294 g/mol. The first kappa shape index (κ1) is 15.0. The van der Waals surface area contributed by atoms with Gasteiger partial charge in [-0.2, -0.15) is 0 Å². The summed E-state index contributed by atoms with van der Waals surface area (Å²) in [5.41, 5.74) is 4.78. The minimum atomic E-state index is 0.144. The highest BCUT2D eigenvalue weighted by atomic mass is 19.1. The van der Waals surface area contributed by atoms with Crippen molar-refractivity contribution in [3.8, 4) is 11.1 Å². The Balaban J connectivity index is 1.74. The van der Waals surface area contributed by atoms with Crippen LogP contribution in [0.1, 0.15) is 50.5 Å². The maximum absolute atomic E-state index is 14.2. The van der Waals surface area contributed by atoms with Crippen molar-refractivity contribution in [3.63, 3.8) is 0 Å². The Kier molecular flexibility index (Phi) is 4.72. The van der Waals surface area contributed by atoms with Gasteiger partial charge in [0.2, 0.25) is 0 Å². The Morgan fingerprint density at radius 2 is 1.64 bits per heavy atom. The number of halogens is 1. The molecule has 0 spiro atoms. The van der Waals surface area contributed by atoms with Gasteiger partial charge in [0, 0.05) is 6.42 Å². The molecule has 0 amide bonds. The van der Waals surface area contributed by atoms with E-state index in [0.29, 0.717) is 12.3 Å². The smallest absolute Gasteiger partial charge is 0.0997 e. The number of hydrogen-bond donors (Lipinski definition) is 0. The predicted molar refractivity (Wildman–Crippen MR) is 91.5 cm³/mol. The molecule has 0 bridgehead atoms. The van der Waals surface area contributed by atoms with Gasteiger partial charge in [-0.1, -0.05) is 67.9 Å². The van der Waals surface area contributed by atoms with Gasteiger partial charge in [0.15, 0.2) is 0 Å². The van der Waals surface area contributed by atoms with E-state index in [4.69, 9.17) is 0 Å². The van der Waals surface area contributed by atoms with E-state index < -0.39 is 0 Å². The van der Waals surface area contributed by atoms with E-state index in [1.807, 2.05) is 6.07 Å². The van der Waals surface area contributed by atoms with Gasteiger partial charge in [-0.05, 0) is 47.4 Å². The molecule has 1 aliphatic rings. The van der Waals surface area contributed by atoms with Gasteiger partial charge in [-0.15, -0.1) is 0 Å². The van der Waals surface area contributed by atoms with Gasteiger partial charge in [-0.3, -0.25) is 0 Å². The second-order valence-corrected chi connectivity index (χ2v) is 6.19. The van der Waals surface area contributed by atoms with E-state index in [0.717, 1.165) is 31.3 Å². The molecule has 22 heavy (non-hydrogen) atoms. The molecule has 0 N–H and O–H groups in total. The molecule has 0 aliphatic heterocycles. The molecule has 0 heterocycles. The summed E-state index contributed by atoms with van der Waals surface area (Å²) in [5, 5.41) is 0. The fraction of sp³-hybridized carbons (Fsp3) is 0.333. The largest absolute Gasteiger partial charge is 0.212 e. The van der Waals surface area contributed by atoms with Crippen LogP contribution in [0.4, 0.5) is 4.39 Å². The van der Waals surface area contributed by atoms with Gasteiger partial charge in [0.05, 0.1) is 5.83 Å². The van der Waals surface area contributed by atoms with E-state index >= 15 is 0 Å². The van der Waals surface area contributed by atoms with Crippen LogP contribution >= 0.6 is 0 Å². The highest BCUT2D eigenvalue weighted by Crippen LogP contribution is 2.38. The third-order valence-corrected chi connectivity index (χ3v) is 4.64. The van der Waals surface area contributed by atoms with E-state index in [-0.39, 0.29) is 5.83 Å². The van der Waals surface area contributed by atoms with Crippen LogP contribution in [0.2, 0.25) is 0 Å². The third-order valence-electron chi connectivity index (χ3n) is 4.64. The molecular weight excluding hydrogens is 271 g/mol. The molecule has 3 rings (SSSR count). The molecule has 0 fully saturated rings. The van der Waals surface area contributed by atoms with E-state index in [9.17, 15) is 4.39 Å². The normalized spacial score (nSPS) is 18.5. The van der Waals surface area contributed by atoms with Crippen molar-refractivity contribution in [2.24, 2.45) is 0 Å². The van der Waals surface area contributed by atoms with Crippen molar-refractivity contribution in [2.45, 2.75) is 44.9 Å². The van der Waals surface area contributed by atoms with Crippen LogP contribution in [0.15, 0.2) is 66.0 Å². The topological polar surface area (TPSA) is 0 Å². The standard InChI is InChI=1S/C21H23F/c1-2-6-19-13-14-20(15-21(19)22)18-11-9-17(10-12-18)16-7-4-3-5-8-16/h3-5,7-12,20H,2,6,13-15H2,1H3. The minimum absolute atomic E-state index is 0.144. The zero-order chi connectivity index (χ0) is 15.4. The van der Waals surface area contributed by atoms with Crippen LogP contribution in [0.3, 0.4) is 0 Å². The Morgan fingerprint density at radius 1 is 0.955 bits per heavy atom. The number of rotatable bonds is 4. The number of hydrogen-bond acceptors (Lipinski definition) is 0. The highest BCUT2D eigenvalue weighted by Gasteiger charge is 2.22. The lowest BCUT2D eigenvalue weighted by Gasteiger charge is -2.24. The Morgan fingerprint density at radius 3 is 2.27 bits per heavy atom. The molecular formula is C21H23F. The molecule has 0 aromatic heterocycles. The lowest BCUT2D eigenvalue weighted by molar-refractivity contribution is 0.462. The predicted octanol–water partition coefficient (Wildman–Crippen LogP) is 6.64. The second-order valence-electron chi connectivity index (χ2n) is 6.19. The van der Waals surface area contributed by atoms with E-state index in [1.165, 1.54) is 16.7 Å². The zero-order valence-electron chi connectivity index (χ0n) is 13.2. The molecule has 114 valence electrons. The summed E-state index contributed by atoms with van der Waals surface area (Å²) in [4.78, 5) is 0. The molecule has 0 saturated carbocycles. The summed E-state index contributed by atoms with van der Waals surface area (Å²) < 4.78 is 14.2. The quantitative estimate of drug-likeness (QED) is 0.592. The zero-order valence-corrected chi connectivity index (χ0v) is 13.2. The van der Waals surface area contributed by atoms with E-state index in [1.54, 1.807) is 0 Å². The summed E-state index contributed by atoms with van der Waals surface area (Å²) >= 11 is 0. The molecule has 1 aliphatic carbocycles. The second kappa shape index (κ2) is 6.91. The van der Waals surface area contributed by atoms with Gasteiger partial charge in [0.25, 0.3) is 0 Å². The van der Waals surface area contributed by atoms with Crippen LogP contribution in [0.25, 0.3) is 11.1 Å². The fourth-order valence-corrected chi connectivity index (χ4v) is 3.37. The average Bonchev–Trinajstić information content (AvgIpc) is 2.58. The first-order valence-corrected chi connectivity index (χ1v) is 8.29. The van der Waals surface area contributed by atoms with Crippen LogP contribution in [-0.2, 0) is 0 Å².